The lowest BCUT2D eigenvalue weighted by atomic mass is 9.94. The predicted molar refractivity (Wildman–Crippen MR) is 112 cm³/mol. The van der Waals surface area contributed by atoms with Crippen LogP contribution in [0.1, 0.15) is 30.2 Å². The van der Waals surface area contributed by atoms with Gasteiger partial charge < -0.3 is 30.2 Å². The summed E-state index contributed by atoms with van der Waals surface area (Å²) < 4.78 is 35.1. The predicted octanol–water partition coefficient (Wildman–Crippen LogP) is 2.97. The molecular formula is C19H22ClN3O7S. The van der Waals surface area contributed by atoms with E-state index in [1.807, 2.05) is 6.07 Å². The number of hydrogen-bond donors (Lipinski definition) is 4. The number of carbonyl (C=O) groups excluding carboxylic acids is 2. The molecule has 0 spiro atoms. The highest BCUT2D eigenvalue weighted by atomic mass is 35.5. The summed E-state index contributed by atoms with van der Waals surface area (Å²) in [7, 11) is -2.94. The number of sulfone groups is 1. The minimum atomic E-state index is -4.08. The Morgan fingerprint density at radius 1 is 1.32 bits per heavy atom. The van der Waals surface area contributed by atoms with Crippen LogP contribution in [0.5, 0.6) is 5.75 Å². The first-order valence-electron chi connectivity index (χ1n) is 9.42. The van der Waals surface area contributed by atoms with Gasteiger partial charge in [-0.3, -0.25) is 0 Å². The maximum atomic E-state index is 12.6. The largest absolute Gasteiger partial charge is 0.504 e. The number of alkyl carbamates (subject to hydrolysis) is 1. The third kappa shape index (κ3) is 5.23. The summed E-state index contributed by atoms with van der Waals surface area (Å²) in [5.41, 5.74) is 0.900. The average Bonchev–Trinajstić information content (AvgIpc) is 3.19. The first kappa shape index (κ1) is 22.8. The van der Waals surface area contributed by atoms with Gasteiger partial charge in [-0.1, -0.05) is 11.6 Å². The van der Waals surface area contributed by atoms with Crippen molar-refractivity contribution in [3.8, 4) is 5.75 Å². The van der Waals surface area contributed by atoms with Crippen LogP contribution >= 0.6 is 11.6 Å². The van der Waals surface area contributed by atoms with Crippen molar-refractivity contribution in [2.45, 2.75) is 30.2 Å². The van der Waals surface area contributed by atoms with E-state index < -0.39 is 38.4 Å². The quantitative estimate of drug-likeness (QED) is 0.473. The molecule has 0 radical (unpaired) electrons. The molecule has 0 aliphatic heterocycles. The van der Waals surface area contributed by atoms with E-state index in [0.29, 0.717) is 12.2 Å². The number of aryl methyl sites for hydroxylation is 1. The molecule has 1 aromatic heterocycles. The van der Waals surface area contributed by atoms with Crippen molar-refractivity contribution in [3.63, 3.8) is 0 Å². The zero-order valence-electron chi connectivity index (χ0n) is 16.6. The molecule has 0 bridgehead atoms. The lowest BCUT2D eigenvalue weighted by molar-refractivity contribution is 0.171. The van der Waals surface area contributed by atoms with Gasteiger partial charge in [0.25, 0.3) is 0 Å². The molecule has 31 heavy (non-hydrogen) atoms. The van der Waals surface area contributed by atoms with Crippen LogP contribution in [0.25, 0.3) is 0 Å². The number of carbonyl (C=O) groups is 2. The summed E-state index contributed by atoms with van der Waals surface area (Å²) in [6, 6.07) is 3.44. The van der Waals surface area contributed by atoms with E-state index in [1.165, 1.54) is 12.1 Å². The normalized spacial score (nSPS) is 15.6. The topological polar surface area (TPSA) is 147 Å². The third-order valence-electron chi connectivity index (χ3n) is 4.81. The summed E-state index contributed by atoms with van der Waals surface area (Å²) >= 11 is 6.00. The molecule has 1 atom stereocenters. The number of fused-ring (bicyclic) bond motifs is 1. The fraction of sp³-hybridized carbons (Fsp3) is 0.368. The molecule has 3 amide bonds. The Kier molecular flexibility index (Phi) is 6.96. The zero-order valence-corrected chi connectivity index (χ0v) is 18.2. The Morgan fingerprint density at radius 2 is 2.10 bits per heavy atom. The molecule has 10 nitrogen and oxygen atoms in total. The summed E-state index contributed by atoms with van der Waals surface area (Å²) in [5.74, 6) is -0.542. The van der Waals surface area contributed by atoms with Gasteiger partial charge >= 0.3 is 12.1 Å². The molecule has 0 saturated heterocycles. The van der Waals surface area contributed by atoms with E-state index in [-0.39, 0.29) is 23.3 Å². The van der Waals surface area contributed by atoms with E-state index >= 15 is 0 Å². The molecule has 168 valence electrons. The molecule has 0 fully saturated rings. The van der Waals surface area contributed by atoms with Crippen LogP contribution in [-0.2, 0) is 21.0 Å². The van der Waals surface area contributed by atoms with Crippen LogP contribution in [0.2, 0.25) is 5.02 Å². The summed E-state index contributed by atoms with van der Waals surface area (Å²) in [6.07, 6.45) is 3.22. The molecule has 1 unspecified atom stereocenters. The first-order valence-corrected chi connectivity index (χ1v) is 11.5. The van der Waals surface area contributed by atoms with Gasteiger partial charge in [-0.15, -0.1) is 0 Å². The van der Waals surface area contributed by atoms with Crippen LogP contribution in [-0.4, -0.2) is 45.1 Å². The van der Waals surface area contributed by atoms with Crippen LogP contribution in [0.15, 0.2) is 33.8 Å². The van der Waals surface area contributed by atoms with Crippen molar-refractivity contribution in [1.82, 2.24) is 10.6 Å². The summed E-state index contributed by atoms with van der Waals surface area (Å²) in [4.78, 5) is 23.0. The Morgan fingerprint density at radius 3 is 2.84 bits per heavy atom. The number of nitrogens with one attached hydrogen (secondary N) is 3. The molecule has 3 rings (SSSR count). The van der Waals surface area contributed by atoms with Gasteiger partial charge in [-0.2, -0.15) is 0 Å². The molecule has 2 aromatic rings. The highest BCUT2D eigenvalue weighted by molar-refractivity contribution is 7.91. The maximum Gasteiger partial charge on any atom is 0.406 e. The van der Waals surface area contributed by atoms with Gasteiger partial charge in [0, 0.05) is 6.54 Å². The van der Waals surface area contributed by atoms with Gasteiger partial charge in [0.15, 0.2) is 15.6 Å². The van der Waals surface area contributed by atoms with Gasteiger partial charge in [0.2, 0.25) is 0 Å². The van der Waals surface area contributed by atoms with Crippen molar-refractivity contribution in [1.29, 1.82) is 0 Å². The van der Waals surface area contributed by atoms with E-state index in [0.717, 1.165) is 25.5 Å². The number of phenols is 1. The van der Waals surface area contributed by atoms with E-state index in [1.54, 1.807) is 6.26 Å². The summed E-state index contributed by atoms with van der Waals surface area (Å²) in [5, 5.41) is 17.7. The fourth-order valence-electron chi connectivity index (χ4n) is 3.35. The molecule has 1 aromatic carbocycles. The Bertz CT molecular complexity index is 1080. The number of ether oxygens (including phenoxy) is 1. The van der Waals surface area contributed by atoms with E-state index in [2.05, 4.69) is 20.7 Å². The van der Waals surface area contributed by atoms with Crippen LogP contribution in [0.4, 0.5) is 15.3 Å². The zero-order chi connectivity index (χ0) is 22.6. The number of hydrogen-bond acceptors (Lipinski definition) is 7. The monoisotopic (exact) mass is 471 g/mol. The van der Waals surface area contributed by atoms with Gasteiger partial charge in [-0.05, 0) is 43.0 Å². The van der Waals surface area contributed by atoms with Crippen LogP contribution in [0.3, 0.4) is 0 Å². The number of urea groups is 1. The fourth-order valence-corrected chi connectivity index (χ4v) is 5.20. The molecular weight excluding hydrogens is 450 g/mol. The third-order valence-corrected chi connectivity index (χ3v) is 7.01. The SMILES string of the molecule is COC(=O)NCCS(=O)(=O)c1c(Cl)ccc(NC(=O)NC2CCCc3ccoc32)c1O. The number of phenolic OH excluding ortho intramolecular Hbond substituents is 1. The minimum Gasteiger partial charge on any atom is -0.504 e. The molecule has 12 heteroatoms. The molecule has 1 aliphatic carbocycles. The first-order chi connectivity index (χ1) is 14.7. The van der Waals surface area contributed by atoms with Crippen molar-refractivity contribution < 1.29 is 32.3 Å². The Balaban J connectivity index is 1.73. The molecule has 4 N–H and O–H groups in total. The molecule has 0 saturated carbocycles. The standard InChI is InChI=1S/C19H22ClN3O7S/c1-29-19(26)21-8-10-31(27,28)17-12(20)5-6-13(15(17)24)22-18(25)23-14-4-2-3-11-7-9-30-16(11)14/h5-7,9,14,24H,2-4,8,10H2,1H3,(H,21,26)(H2,22,23,25). The maximum absolute atomic E-state index is 12.6. The minimum absolute atomic E-state index is 0.128. The number of methoxy groups -OCH3 is 1. The van der Waals surface area contributed by atoms with Crippen molar-refractivity contribution in [2.75, 3.05) is 24.7 Å². The van der Waals surface area contributed by atoms with Gasteiger partial charge in [0.05, 0.1) is 35.9 Å². The van der Waals surface area contributed by atoms with Crippen molar-refractivity contribution in [3.05, 3.63) is 40.8 Å². The number of aromatic hydroxyl groups is 1. The molecule has 1 aliphatic rings. The number of halogens is 1. The van der Waals surface area contributed by atoms with Crippen molar-refractivity contribution >= 4 is 39.2 Å². The smallest absolute Gasteiger partial charge is 0.406 e. The molecule has 1 heterocycles. The second kappa shape index (κ2) is 9.48. The van der Waals surface area contributed by atoms with Crippen LogP contribution in [0, 0.1) is 0 Å². The van der Waals surface area contributed by atoms with E-state index in [9.17, 15) is 23.1 Å². The number of furan rings is 1. The summed E-state index contributed by atoms with van der Waals surface area (Å²) in [6.45, 7) is -0.254. The second-order valence-corrected chi connectivity index (χ2v) is 9.32. The highest BCUT2D eigenvalue weighted by Crippen LogP contribution is 2.37. The van der Waals surface area contributed by atoms with Crippen LogP contribution < -0.4 is 16.0 Å². The Hall–Kier alpha value is -2.92. The van der Waals surface area contributed by atoms with Gasteiger partial charge in [-0.25, -0.2) is 18.0 Å². The van der Waals surface area contributed by atoms with E-state index in [4.69, 9.17) is 16.0 Å². The van der Waals surface area contributed by atoms with Gasteiger partial charge in [0.1, 0.15) is 10.7 Å². The lowest BCUT2D eigenvalue weighted by Crippen LogP contribution is -2.34. The number of rotatable bonds is 6. The average molecular weight is 472 g/mol. The number of anilines is 1. The number of amides is 3. The lowest BCUT2D eigenvalue weighted by Gasteiger charge is -2.22. The highest BCUT2D eigenvalue weighted by Gasteiger charge is 2.27. The second-order valence-electron chi connectivity index (χ2n) is 6.86. The Labute approximate surface area is 183 Å². The number of benzene rings is 1. The van der Waals surface area contributed by atoms with Crippen molar-refractivity contribution in [2.24, 2.45) is 0 Å².